The van der Waals surface area contributed by atoms with Crippen molar-refractivity contribution in [1.82, 2.24) is 5.09 Å². The van der Waals surface area contributed by atoms with E-state index in [0.29, 0.717) is 23.0 Å². The number of nitrogens with one attached hydrogen (secondary N) is 1. The lowest BCUT2D eigenvalue weighted by Crippen LogP contribution is -2.33. The largest absolute Gasteiger partial charge is 0.460 e. The van der Waals surface area contributed by atoms with Crippen molar-refractivity contribution in [2.75, 3.05) is 0 Å². The zero-order valence-electron chi connectivity index (χ0n) is 17.4. The number of para-hydroxylation sites is 1. The Morgan fingerprint density at radius 2 is 1.77 bits per heavy atom. The molecule has 160 valence electrons. The number of allylic oxidation sites excluding steroid dienone is 3. The maximum absolute atomic E-state index is 12.5. The highest BCUT2D eigenvalue weighted by atomic mass is 35.5. The molecule has 2 aromatic carbocycles. The monoisotopic (exact) mass is 447 g/mol. The molecule has 0 heterocycles. The number of esters is 1. The van der Waals surface area contributed by atoms with Crippen molar-refractivity contribution < 1.29 is 18.6 Å². The minimum absolute atomic E-state index is 0.204. The molecule has 1 unspecified atom stereocenters. The van der Waals surface area contributed by atoms with Gasteiger partial charge in [-0.1, -0.05) is 73.1 Å². The van der Waals surface area contributed by atoms with E-state index in [1.165, 1.54) is 0 Å². The van der Waals surface area contributed by atoms with Gasteiger partial charge in [0.15, 0.2) is 0 Å². The van der Waals surface area contributed by atoms with Gasteiger partial charge in [-0.3, -0.25) is 4.79 Å². The van der Waals surface area contributed by atoms with Crippen molar-refractivity contribution >= 4 is 26.1 Å². The first-order chi connectivity index (χ1) is 14.5. The number of ether oxygens (including phenoxy) is 1. The van der Waals surface area contributed by atoms with Gasteiger partial charge in [-0.2, -0.15) is 0 Å². The first kappa shape index (κ1) is 23.9. The Morgan fingerprint density at radius 3 is 2.37 bits per heavy atom. The third-order valence-electron chi connectivity index (χ3n) is 3.89. The molecule has 0 aliphatic rings. The summed E-state index contributed by atoms with van der Waals surface area (Å²) in [5, 5.41) is 3.66. The van der Waals surface area contributed by atoms with E-state index >= 15 is 0 Å². The quantitative estimate of drug-likeness (QED) is 0.185. The van der Waals surface area contributed by atoms with E-state index < -0.39 is 20.5 Å². The minimum Gasteiger partial charge on any atom is -0.460 e. The highest BCUT2D eigenvalue weighted by Crippen LogP contribution is 2.40. The van der Waals surface area contributed by atoms with Gasteiger partial charge in [-0.25, -0.2) is 5.09 Å². The molecule has 0 saturated carbocycles. The van der Waals surface area contributed by atoms with Crippen LogP contribution in [0.15, 0.2) is 83.6 Å². The van der Waals surface area contributed by atoms with Gasteiger partial charge < -0.3 is 13.8 Å². The van der Waals surface area contributed by atoms with Gasteiger partial charge in [0.1, 0.15) is 24.2 Å². The summed E-state index contributed by atoms with van der Waals surface area (Å²) in [6.07, 6.45) is 4.22. The molecule has 1 N–H and O–H groups in total. The fraction of sp³-hybridized carbons (Fsp3) is 0.261. The third kappa shape index (κ3) is 8.19. The molecule has 0 amide bonds. The zero-order chi connectivity index (χ0) is 21.8. The van der Waals surface area contributed by atoms with Gasteiger partial charge in [0.25, 0.3) is 0 Å². The predicted molar refractivity (Wildman–Crippen MR) is 122 cm³/mol. The van der Waals surface area contributed by atoms with Gasteiger partial charge in [-0.05, 0) is 44.0 Å². The van der Waals surface area contributed by atoms with Gasteiger partial charge in [0.2, 0.25) is 0 Å². The first-order valence-electron chi connectivity index (χ1n) is 9.72. The Bertz CT molecular complexity index is 843. The van der Waals surface area contributed by atoms with Crippen LogP contribution in [-0.2, 0) is 20.7 Å². The van der Waals surface area contributed by atoms with Crippen LogP contribution in [-0.4, -0.2) is 12.0 Å². The lowest BCUT2D eigenvalue weighted by molar-refractivity contribution is -0.146. The Kier molecular flexibility index (Phi) is 10.4. The molecule has 0 aliphatic carbocycles. The minimum atomic E-state index is -1.71. The molecule has 5 nitrogen and oxygen atoms in total. The number of hydrogen-bond donors (Lipinski definition) is 1. The highest BCUT2D eigenvalue weighted by Gasteiger charge is 2.25. The summed E-state index contributed by atoms with van der Waals surface area (Å²) in [4.78, 5) is 12.5. The van der Waals surface area contributed by atoms with Crippen LogP contribution in [0.4, 0.5) is 0 Å². The van der Waals surface area contributed by atoms with Crippen molar-refractivity contribution in [2.24, 2.45) is 0 Å². The maximum Gasteiger partial charge on any atom is 0.382 e. The molecular weight excluding hydrogens is 421 g/mol. The SMILES string of the molecule is C/C=C\C(O[P@](NC(C)C(=O)OCc1ccccc1)Oc1ccccc1)=C(\Cl)CC. The number of rotatable bonds is 11. The molecule has 0 fully saturated rings. The molecule has 0 radical (unpaired) electrons. The van der Waals surface area contributed by atoms with Crippen LogP contribution < -0.4 is 9.61 Å². The number of hydrogen-bond acceptors (Lipinski definition) is 5. The second kappa shape index (κ2) is 13.1. The third-order valence-corrected chi connectivity index (χ3v) is 5.68. The van der Waals surface area contributed by atoms with Crippen LogP contribution in [0, 0.1) is 0 Å². The molecule has 0 saturated heterocycles. The average molecular weight is 448 g/mol. The summed E-state index contributed by atoms with van der Waals surface area (Å²) in [7, 11) is -1.71. The molecule has 0 aromatic heterocycles. The highest BCUT2D eigenvalue weighted by molar-refractivity contribution is 7.45. The van der Waals surface area contributed by atoms with Crippen molar-refractivity contribution in [2.45, 2.75) is 39.8 Å². The van der Waals surface area contributed by atoms with E-state index in [2.05, 4.69) is 5.09 Å². The van der Waals surface area contributed by atoms with Crippen LogP contribution >= 0.6 is 20.1 Å². The summed E-state index contributed by atoms with van der Waals surface area (Å²) in [6, 6.07) is 18.1. The Morgan fingerprint density at radius 1 is 1.13 bits per heavy atom. The topological polar surface area (TPSA) is 56.8 Å². The normalized spacial score (nSPS) is 14.0. The summed E-state index contributed by atoms with van der Waals surface area (Å²) in [6.45, 7) is 5.73. The van der Waals surface area contributed by atoms with Gasteiger partial charge in [0.05, 0.1) is 5.03 Å². The van der Waals surface area contributed by atoms with Crippen LogP contribution in [0.3, 0.4) is 0 Å². The molecule has 2 atom stereocenters. The Labute approximate surface area is 184 Å². The molecule has 7 heteroatoms. The van der Waals surface area contributed by atoms with E-state index in [9.17, 15) is 4.79 Å². The molecule has 0 spiro atoms. The number of benzene rings is 2. The molecule has 0 bridgehead atoms. The fourth-order valence-corrected chi connectivity index (χ4v) is 3.68. The smallest absolute Gasteiger partial charge is 0.382 e. The van der Waals surface area contributed by atoms with Crippen molar-refractivity contribution in [3.8, 4) is 5.75 Å². The molecule has 2 rings (SSSR count). The van der Waals surface area contributed by atoms with E-state index in [1.54, 1.807) is 13.0 Å². The maximum atomic E-state index is 12.5. The van der Waals surface area contributed by atoms with Crippen molar-refractivity contribution in [3.05, 3.63) is 89.2 Å². The zero-order valence-corrected chi connectivity index (χ0v) is 19.0. The number of halogens is 1. The summed E-state index contributed by atoms with van der Waals surface area (Å²) in [5.74, 6) is 0.722. The Hall–Kier alpha value is -2.33. The second-order valence-corrected chi connectivity index (χ2v) is 7.91. The number of carbonyl (C=O) groups is 1. The van der Waals surface area contributed by atoms with E-state index in [1.807, 2.05) is 80.6 Å². The number of carbonyl (C=O) groups excluding carboxylic acids is 1. The van der Waals surface area contributed by atoms with Gasteiger partial charge in [-0.15, -0.1) is 0 Å². The van der Waals surface area contributed by atoms with Crippen LogP contribution in [0.25, 0.3) is 0 Å². The lowest BCUT2D eigenvalue weighted by atomic mass is 10.2. The molecule has 30 heavy (non-hydrogen) atoms. The average Bonchev–Trinajstić information content (AvgIpc) is 2.77. The summed E-state index contributed by atoms with van der Waals surface area (Å²) in [5.41, 5.74) is 0.921. The van der Waals surface area contributed by atoms with Gasteiger partial charge in [0, 0.05) is 0 Å². The van der Waals surface area contributed by atoms with E-state index in [0.717, 1.165) is 5.56 Å². The van der Waals surface area contributed by atoms with Gasteiger partial charge >= 0.3 is 14.5 Å². The molecule has 2 aromatic rings. The summed E-state index contributed by atoms with van der Waals surface area (Å²) >= 11 is 6.31. The predicted octanol–water partition coefficient (Wildman–Crippen LogP) is 6.47. The van der Waals surface area contributed by atoms with Crippen LogP contribution in [0.1, 0.15) is 32.8 Å². The van der Waals surface area contributed by atoms with E-state index in [-0.39, 0.29) is 6.61 Å². The molecule has 0 aliphatic heterocycles. The van der Waals surface area contributed by atoms with Crippen LogP contribution in [0.5, 0.6) is 5.75 Å². The summed E-state index contributed by atoms with van der Waals surface area (Å²) < 4.78 is 17.4. The molecular formula is C23H27ClNO4P. The standard InChI is InChI=1S/C23H27ClNO4P/c1-4-12-22(21(24)5-2)29-30(28-20-15-10-7-11-16-20)25-18(3)23(26)27-17-19-13-8-6-9-14-19/h4,6-16,18,25H,5,17H2,1-3H3/b12-4-,22-21-/t18?,30-/m1/s1. The van der Waals surface area contributed by atoms with E-state index in [4.69, 9.17) is 25.4 Å². The van der Waals surface area contributed by atoms with Crippen molar-refractivity contribution in [1.29, 1.82) is 0 Å². The Balaban J connectivity index is 2.07. The fourth-order valence-electron chi connectivity index (χ4n) is 2.30. The second-order valence-electron chi connectivity index (χ2n) is 6.32. The van der Waals surface area contributed by atoms with Crippen molar-refractivity contribution in [3.63, 3.8) is 0 Å². The van der Waals surface area contributed by atoms with Crippen LogP contribution in [0.2, 0.25) is 0 Å². The lowest BCUT2D eigenvalue weighted by Gasteiger charge is -2.23. The first-order valence-corrected chi connectivity index (χ1v) is 11.3.